The Labute approximate surface area is 169 Å². The molecule has 0 spiro atoms. The van der Waals surface area contributed by atoms with Crippen molar-refractivity contribution in [3.63, 3.8) is 0 Å². The van der Waals surface area contributed by atoms with Gasteiger partial charge in [0.15, 0.2) is 23.0 Å². The number of ether oxygens (including phenoxy) is 5. The Hall–Kier alpha value is -3.42. The van der Waals surface area contributed by atoms with Gasteiger partial charge in [0.05, 0.1) is 47.3 Å². The normalized spacial score (nSPS) is 15.6. The zero-order chi connectivity index (χ0) is 21.0. The summed E-state index contributed by atoms with van der Waals surface area (Å²) < 4.78 is 26.9. The minimum absolute atomic E-state index is 0.263. The van der Waals surface area contributed by atoms with Crippen molar-refractivity contribution in [3.8, 4) is 28.7 Å². The maximum atomic E-state index is 11.7. The molecule has 1 unspecified atom stereocenters. The lowest BCUT2D eigenvalue weighted by Crippen LogP contribution is -2.17. The summed E-state index contributed by atoms with van der Waals surface area (Å²) in [5.41, 5.74) is 2.41. The van der Waals surface area contributed by atoms with Gasteiger partial charge in [0, 0.05) is 12.0 Å². The number of hydrogen-bond acceptors (Lipinski definition) is 7. The van der Waals surface area contributed by atoms with E-state index >= 15 is 0 Å². The van der Waals surface area contributed by atoms with Crippen LogP contribution in [0.15, 0.2) is 35.4 Å². The molecule has 1 atom stereocenters. The van der Waals surface area contributed by atoms with Crippen molar-refractivity contribution in [3.05, 3.63) is 41.5 Å². The first-order valence-corrected chi connectivity index (χ1v) is 8.93. The molecule has 0 aliphatic carbocycles. The van der Waals surface area contributed by atoms with Crippen LogP contribution < -0.4 is 23.7 Å². The van der Waals surface area contributed by atoms with Gasteiger partial charge in [-0.15, -0.1) is 0 Å². The third-order valence-corrected chi connectivity index (χ3v) is 4.84. The Kier molecular flexibility index (Phi) is 6.11. The second-order valence-corrected chi connectivity index (χ2v) is 6.28. The molecular weight excluding hydrogens is 376 g/mol. The standard InChI is InChI=1S/C21H24N2O6/c1-25-17-7-6-13(8-18(17)26-2)16-11-15(22-23(16)12-24)14-9-19(27-3)21(29-5)20(10-14)28-4/h6-10,12,16H,11H2,1-5H3. The molecule has 8 heteroatoms. The second-order valence-electron chi connectivity index (χ2n) is 6.28. The van der Waals surface area contributed by atoms with E-state index in [1.54, 1.807) is 35.5 Å². The van der Waals surface area contributed by atoms with Crippen LogP contribution in [0.4, 0.5) is 0 Å². The van der Waals surface area contributed by atoms with Crippen molar-refractivity contribution in [2.75, 3.05) is 35.5 Å². The molecule has 29 heavy (non-hydrogen) atoms. The van der Waals surface area contributed by atoms with Gasteiger partial charge in [-0.2, -0.15) is 5.10 Å². The predicted molar refractivity (Wildman–Crippen MR) is 107 cm³/mol. The van der Waals surface area contributed by atoms with Gasteiger partial charge in [-0.25, -0.2) is 5.01 Å². The highest BCUT2D eigenvalue weighted by Crippen LogP contribution is 2.41. The average molecular weight is 400 g/mol. The molecule has 1 aliphatic heterocycles. The number of carbonyl (C=O) groups is 1. The van der Waals surface area contributed by atoms with Crippen molar-refractivity contribution >= 4 is 12.1 Å². The second kappa shape index (κ2) is 8.72. The number of hydrogen-bond donors (Lipinski definition) is 0. The van der Waals surface area contributed by atoms with Crippen LogP contribution in [0.25, 0.3) is 0 Å². The van der Waals surface area contributed by atoms with E-state index in [1.807, 2.05) is 30.3 Å². The molecule has 8 nitrogen and oxygen atoms in total. The minimum Gasteiger partial charge on any atom is -0.493 e. The van der Waals surface area contributed by atoms with Gasteiger partial charge in [-0.3, -0.25) is 4.79 Å². The van der Waals surface area contributed by atoms with Crippen molar-refractivity contribution in [1.29, 1.82) is 0 Å². The molecule has 0 fully saturated rings. The number of carbonyl (C=O) groups excluding carboxylic acids is 1. The molecular formula is C21H24N2O6. The van der Waals surface area contributed by atoms with Crippen LogP contribution in [0.3, 0.4) is 0 Å². The topological polar surface area (TPSA) is 78.8 Å². The lowest BCUT2D eigenvalue weighted by Gasteiger charge is -2.19. The predicted octanol–water partition coefficient (Wildman–Crippen LogP) is 3.04. The van der Waals surface area contributed by atoms with E-state index in [-0.39, 0.29) is 6.04 Å². The zero-order valence-corrected chi connectivity index (χ0v) is 17.1. The van der Waals surface area contributed by atoms with Gasteiger partial charge in [-0.1, -0.05) is 6.07 Å². The third kappa shape index (κ3) is 3.78. The summed E-state index contributed by atoms with van der Waals surface area (Å²) in [5.74, 6) is 2.77. The van der Waals surface area contributed by atoms with E-state index in [2.05, 4.69) is 5.10 Å². The Balaban J connectivity index is 1.97. The van der Waals surface area contributed by atoms with Gasteiger partial charge in [-0.05, 0) is 29.8 Å². The molecule has 0 saturated heterocycles. The van der Waals surface area contributed by atoms with Gasteiger partial charge < -0.3 is 23.7 Å². The summed E-state index contributed by atoms with van der Waals surface area (Å²) >= 11 is 0. The summed E-state index contributed by atoms with van der Waals surface area (Å²) in [4.78, 5) is 11.7. The number of amides is 1. The summed E-state index contributed by atoms with van der Waals surface area (Å²) in [6.07, 6.45) is 1.24. The SMILES string of the molecule is COc1ccc(C2CC(c3cc(OC)c(OC)c(OC)c3)=NN2C=O)cc1OC. The Morgan fingerprint density at radius 3 is 2.00 bits per heavy atom. The Morgan fingerprint density at radius 2 is 1.48 bits per heavy atom. The molecule has 0 aromatic heterocycles. The maximum absolute atomic E-state index is 11.7. The lowest BCUT2D eigenvalue weighted by atomic mass is 9.97. The first-order chi connectivity index (χ1) is 14.1. The first kappa shape index (κ1) is 20.3. The number of benzene rings is 2. The van der Waals surface area contributed by atoms with Crippen molar-refractivity contribution < 1.29 is 28.5 Å². The fraction of sp³-hybridized carbons (Fsp3) is 0.333. The highest BCUT2D eigenvalue weighted by atomic mass is 16.5. The fourth-order valence-electron chi connectivity index (χ4n) is 3.38. The monoisotopic (exact) mass is 400 g/mol. The number of hydrazone groups is 1. The van der Waals surface area contributed by atoms with E-state index in [0.717, 1.165) is 16.8 Å². The van der Waals surface area contributed by atoms with Crippen molar-refractivity contribution in [2.45, 2.75) is 12.5 Å². The number of rotatable bonds is 8. The summed E-state index contributed by atoms with van der Waals surface area (Å²) in [6, 6.07) is 8.94. The molecule has 2 aromatic rings. The van der Waals surface area contributed by atoms with E-state index < -0.39 is 0 Å². The summed E-state index contributed by atoms with van der Waals surface area (Å²) in [5, 5.41) is 5.90. The smallest absolute Gasteiger partial charge is 0.230 e. The van der Waals surface area contributed by atoms with Gasteiger partial charge in [0.2, 0.25) is 12.2 Å². The summed E-state index contributed by atoms with van der Waals surface area (Å²) in [7, 11) is 7.82. The maximum Gasteiger partial charge on any atom is 0.230 e. The van der Waals surface area contributed by atoms with Gasteiger partial charge >= 0.3 is 0 Å². The molecule has 154 valence electrons. The van der Waals surface area contributed by atoms with Crippen LogP contribution in [0.2, 0.25) is 0 Å². The van der Waals surface area contributed by atoms with Gasteiger partial charge in [0.1, 0.15) is 0 Å². The molecule has 0 bridgehead atoms. The molecule has 3 rings (SSSR count). The molecule has 1 heterocycles. The number of methoxy groups -OCH3 is 5. The minimum atomic E-state index is -0.263. The Bertz CT molecular complexity index is 902. The lowest BCUT2D eigenvalue weighted by molar-refractivity contribution is -0.119. The van der Waals surface area contributed by atoms with Crippen molar-refractivity contribution in [1.82, 2.24) is 5.01 Å². The highest BCUT2D eigenvalue weighted by molar-refractivity contribution is 6.03. The van der Waals surface area contributed by atoms with Crippen LogP contribution in [0.1, 0.15) is 23.6 Å². The molecule has 1 aliphatic rings. The molecule has 2 aromatic carbocycles. The Morgan fingerprint density at radius 1 is 0.862 bits per heavy atom. The van der Waals surface area contributed by atoms with Crippen LogP contribution in [0, 0.1) is 0 Å². The molecule has 1 amide bonds. The van der Waals surface area contributed by atoms with Crippen LogP contribution >= 0.6 is 0 Å². The van der Waals surface area contributed by atoms with Crippen LogP contribution in [-0.4, -0.2) is 52.7 Å². The largest absolute Gasteiger partial charge is 0.493 e. The van der Waals surface area contributed by atoms with Crippen LogP contribution in [-0.2, 0) is 4.79 Å². The molecule has 0 saturated carbocycles. The molecule has 0 radical (unpaired) electrons. The van der Waals surface area contributed by atoms with Crippen LogP contribution in [0.5, 0.6) is 28.7 Å². The fourth-order valence-corrected chi connectivity index (χ4v) is 3.38. The van der Waals surface area contributed by atoms with E-state index in [1.165, 1.54) is 5.01 Å². The van der Waals surface area contributed by atoms with Gasteiger partial charge in [0.25, 0.3) is 0 Å². The van der Waals surface area contributed by atoms with E-state index in [9.17, 15) is 4.79 Å². The quantitative estimate of drug-likeness (QED) is 0.634. The number of nitrogens with zero attached hydrogens (tertiary/aromatic N) is 2. The zero-order valence-electron chi connectivity index (χ0n) is 17.1. The van der Waals surface area contributed by atoms with E-state index in [4.69, 9.17) is 23.7 Å². The highest BCUT2D eigenvalue weighted by Gasteiger charge is 2.30. The molecule has 0 N–H and O–H groups in total. The average Bonchev–Trinajstić information content (AvgIpc) is 3.21. The third-order valence-electron chi connectivity index (χ3n) is 4.84. The van der Waals surface area contributed by atoms with E-state index in [0.29, 0.717) is 41.6 Å². The first-order valence-electron chi connectivity index (χ1n) is 8.93. The summed E-state index contributed by atoms with van der Waals surface area (Å²) in [6.45, 7) is 0. The van der Waals surface area contributed by atoms with Crippen molar-refractivity contribution in [2.24, 2.45) is 5.10 Å².